The SMILES string of the molecule is CC1SC(C)(C)C(=O)N1CCCCC1CNCCN1c1csc2cc(F)ccc12.O=C(O)/C=C\C(=O)O. The molecule has 2 aliphatic rings. The average molecular weight is 552 g/mol. The molecule has 1 aromatic heterocycles. The van der Waals surface area contributed by atoms with Gasteiger partial charge in [-0.2, -0.15) is 0 Å². The Morgan fingerprint density at radius 1 is 1.22 bits per heavy atom. The van der Waals surface area contributed by atoms with Gasteiger partial charge in [0.25, 0.3) is 0 Å². The van der Waals surface area contributed by atoms with Gasteiger partial charge in [-0.3, -0.25) is 4.79 Å². The van der Waals surface area contributed by atoms with Crippen molar-refractivity contribution in [1.29, 1.82) is 0 Å². The highest BCUT2D eigenvalue weighted by atomic mass is 32.2. The Bertz CT molecular complexity index is 1140. The minimum atomic E-state index is -1.26. The largest absolute Gasteiger partial charge is 0.478 e. The molecule has 2 saturated heterocycles. The van der Waals surface area contributed by atoms with Gasteiger partial charge in [0.2, 0.25) is 5.91 Å². The number of hydrogen-bond acceptors (Lipinski definition) is 7. The Morgan fingerprint density at radius 3 is 2.54 bits per heavy atom. The number of hydrogen-bond donors (Lipinski definition) is 3. The van der Waals surface area contributed by atoms with E-state index in [9.17, 15) is 18.8 Å². The summed E-state index contributed by atoms with van der Waals surface area (Å²) in [4.78, 5) is 36.2. The van der Waals surface area contributed by atoms with E-state index in [0.29, 0.717) is 18.2 Å². The Hall–Kier alpha value is -2.63. The third-order valence-corrected chi connectivity index (χ3v) is 8.70. The number of halogens is 1. The predicted molar refractivity (Wildman–Crippen MR) is 147 cm³/mol. The van der Waals surface area contributed by atoms with Crippen molar-refractivity contribution in [2.45, 2.75) is 56.2 Å². The number of fused-ring (bicyclic) bond motifs is 1. The van der Waals surface area contributed by atoms with E-state index in [2.05, 4.69) is 22.5 Å². The third-order valence-electron chi connectivity index (χ3n) is 6.41. The first-order valence-electron chi connectivity index (χ1n) is 12.3. The van der Waals surface area contributed by atoms with Crippen LogP contribution in [0.3, 0.4) is 0 Å². The number of nitrogens with one attached hydrogen (secondary N) is 1. The van der Waals surface area contributed by atoms with Crippen LogP contribution < -0.4 is 10.2 Å². The highest BCUT2D eigenvalue weighted by Gasteiger charge is 2.43. The highest BCUT2D eigenvalue weighted by molar-refractivity contribution is 8.02. The van der Waals surface area contributed by atoms with Crippen molar-refractivity contribution < 1.29 is 29.0 Å². The molecule has 2 fully saturated rings. The molecule has 0 bridgehead atoms. The quantitative estimate of drug-likeness (QED) is 0.327. The van der Waals surface area contributed by atoms with Crippen molar-refractivity contribution in [3.8, 4) is 0 Å². The number of carbonyl (C=O) groups excluding carboxylic acids is 1. The molecule has 3 N–H and O–H groups in total. The number of benzene rings is 1. The van der Waals surface area contributed by atoms with Gasteiger partial charge in [-0.15, -0.1) is 23.1 Å². The van der Waals surface area contributed by atoms with Crippen LogP contribution >= 0.6 is 23.1 Å². The van der Waals surface area contributed by atoms with Crippen LogP contribution in [0.2, 0.25) is 0 Å². The molecule has 2 aromatic rings. The summed E-state index contributed by atoms with van der Waals surface area (Å²) in [7, 11) is 0. The summed E-state index contributed by atoms with van der Waals surface area (Å²) in [5, 5.41) is 22.7. The molecule has 0 spiro atoms. The Morgan fingerprint density at radius 2 is 1.92 bits per heavy atom. The van der Waals surface area contributed by atoms with Crippen LogP contribution in [-0.2, 0) is 14.4 Å². The number of carboxylic acid groups (broad SMARTS) is 2. The van der Waals surface area contributed by atoms with Crippen LogP contribution in [0.15, 0.2) is 35.7 Å². The lowest BCUT2D eigenvalue weighted by molar-refractivity contribution is -0.134. The second kappa shape index (κ2) is 12.7. The van der Waals surface area contributed by atoms with Gasteiger partial charge < -0.3 is 25.3 Å². The fourth-order valence-corrected chi connectivity index (χ4v) is 7.07. The van der Waals surface area contributed by atoms with Gasteiger partial charge >= 0.3 is 11.9 Å². The maximum absolute atomic E-state index is 13.6. The van der Waals surface area contributed by atoms with Gasteiger partial charge in [-0.05, 0) is 58.2 Å². The molecule has 8 nitrogen and oxygen atoms in total. The number of nitrogens with zero attached hydrogens (tertiary/aromatic N) is 2. The summed E-state index contributed by atoms with van der Waals surface area (Å²) in [6.45, 7) is 9.95. The van der Waals surface area contributed by atoms with E-state index in [0.717, 1.165) is 55.5 Å². The van der Waals surface area contributed by atoms with E-state index in [1.54, 1.807) is 35.2 Å². The van der Waals surface area contributed by atoms with Crippen LogP contribution in [0.5, 0.6) is 0 Å². The third kappa shape index (κ3) is 7.68. The molecule has 0 radical (unpaired) electrons. The topological polar surface area (TPSA) is 110 Å². The van der Waals surface area contributed by atoms with E-state index in [1.165, 1.54) is 5.69 Å². The first-order chi connectivity index (χ1) is 17.5. The number of thioether (sulfide) groups is 1. The van der Waals surface area contributed by atoms with E-state index < -0.39 is 11.9 Å². The first kappa shape index (κ1) is 28.9. The minimum Gasteiger partial charge on any atom is -0.478 e. The summed E-state index contributed by atoms with van der Waals surface area (Å²) in [5.41, 5.74) is 1.23. The Kier molecular flexibility index (Phi) is 9.97. The zero-order valence-electron chi connectivity index (χ0n) is 21.3. The molecule has 2 atom stereocenters. The summed E-state index contributed by atoms with van der Waals surface area (Å²) < 4.78 is 14.3. The lowest BCUT2D eigenvalue weighted by Gasteiger charge is -2.38. The molecule has 0 aliphatic carbocycles. The number of carboxylic acids is 2. The van der Waals surface area contributed by atoms with Gasteiger partial charge in [-0.25, -0.2) is 14.0 Å². The van der Waals surface area contributed by atoms with E-state index in [4.69, 9.17) is 10.2 Å². The number of unbranched alkanes of at least 4 members (excludes halogenated alkanes) is 1. The highest BCUT2D eigenvalue weighted by Crippen LogP contribution is 2.40. The molecular formula is C26H34FN3O5S2. The lowest BCUT2D eigenvalue weighted by Crippen LogP contribution is -2.51. The lowest BCUT2D eigenvalue weighted by atomic mass is 10.0. The number of rotatable bonds is 8. The maximum atomic E-state index is 13.6. The number of anilines is 1. The van der Waals surface area contributed by atoms with Crippen molar-refractivity contribution >= 4 is 56.7 Å². The molecule has 11 heteroatoms. The first-order valence-corrected chi connectivity index (χ1v) is 14.0. The van der Waals surface area contributed by atoms with E-state index in [-0.39, 0.29) is 21.8 Å². The molecule has 3 heterocycles. The summed E-state index contributed by atoms with van der Waals surface area (Å²) >= 11 is 3.38. The molecule has 202 valence electrons. The van der Waals surface area contributed by atoms with Gasteiger partial charge in [0.1, 0.15) is 5.82 Å². The number of thiophene rings is 1. The predicted octanol–water partition coefficient (Wildman–Crippen LogP) is 4.40. The number of piperazine rings is 1. The molecule has 1 amide bonds. The molecule has 2 aliphatic heterocycles. The molecule has 37 heavy (non-hydrogen) atoms. The molecule has 0 saturated carbocycles. The van der Waals surface area contributed by atoms with Crippen LogP contribution in [-0.4, -0.2) is 75.3 Å². The fraction of sp³-hybridized carbons (Fsp3) is 0.500. The maximum Gasteiger partial charge on any atom is 0.328 e. The van der Waals surface area contributed by atoms with Crippen molar-refractivity contribution in [3.05, 3.63) is 41.5 Å². The number of carbonyl (C=O) groups is 3. The van der Waals surface area contributed by atoms with Crippen LogP contribution in [0.4, 0.5) is 10.1 Å². The van der Waals surface area contributed by atoms with Gasteiger partial charge in [0, 0.05) is 59.8 Å². The monoisotopic (exact) mass is 551 g/mol. The number of aliphatic carboxylic acids is 2. The molecule has 4 rings (SSSR count). The Labute approximate surface area is 224 Å². The van der Waals surface area contributed by atoms with Gasteiger partial charge in [-0.1, -0.05) is 0 Å². The van der Waals surface area contributed by atoms with Crippen molar-refractivity contribution in [1.82, 2.24) is 10.2 Å². The minimum absolute atomic E-state index is 0.171. The zero-order chi connectivity index (χ0) is 27.2. The zero-order valence-corrected chi connectivity index (χ0v) is 22.9. The van der Waals surface area contributed by atoms with E-state index >= 15 is 0 Å². The Balaban J connectivity index is 0.000000414. The number of amides is 1. The summed E-state index contributed by atoms with van der Waals surface area (Å²) in [6, 6.07) is 5.54. The summed E-state index contributed by atoms with van der Waals surface area (Å²) in [5.74, 6) is -2.41. The summed E-state index contributed by atoms with van der Waals surface area (Å²) in [6.07, 6.45) is 4.34. The van der Waals surface area contributed by atoms with Crippen molar-refractivity contribution in [2.75, 3.05) is 31.1 Å². The van der Waals surface area contributed by atoms with Crippen LogP contribution in [0, 0.1) is 5.82 Å². The van der Waals surface area contributed by atoms with Crippen molar-refractivity contribution in [3.63, 3.8) is 0 Å². The molecule has 1 aromatic carbocycles. The second-order valence-electron chi connectivity index (χ2n) is 9.54. The molecular weight excluding hydrogens is 517 g/mol. The van der Waals surface area contributed by atoms with Gasteiger partial charge in [0.15, 0.2) is 0 Å². The van der Waals surface area contributed by atoms with Crippen LogP contribution in [0.1, 0.15) is 40.0 Å². The normalized spacial score (nSPS) is 21.4. The molecule has 2 unspecified atom stereocenters. The smallest absolute Gasteiger partial charge is 0.328 e. The fourth-order valence-electron chi connectivity index (χ4n) is 4.69. The second-order valence-corrected chi connectivity index (χ2v) is 12.4. The van der Waals surface area contributed by atoms with Crippen LogP contribution in [0.25, 0.3) is 10.1 Å². The van der Waals surface area contributed by atoms with E-state index in [1.807, 2.05) is 24.8 Å². The van der Waals surface area contributed by atoms with Crippen molar-refractivity contribution in [2.24, 2.45) is 0 Å². The van der Waals surface area contributed by atoms with Gasteiger partial charge in [0.05, 0.1) is 15.8 Å². The standard InChI is InChI=1S/C22H30FN3OS2.C4H4O4/c1-15-25(21(27)22(2,3)29-15)10-5-4-6-17-13-24-9-11-26(17)19-14-28-20-12-16(23)7-8-18(19)20;5-3(6)1-2-4(7)8/h7-8,12,14-15,17,24H,4-6,9-11,13H2,1-3H3;1-2H,(H,5,6)(H,7,8)/b;2-1-. The average Bonchev–Trinajstić information content (AvgIpc) is 3.33.